The number of benzene rings is 7. The lowest BCUT2D eigenvalue weighted by Crippen LogP contribution is -1.96. The summed E-state index contributed by atoms with van der Waals surface area (Å²) < 4.78 is 0. The molecule has 8 rings (SSSR count). The van der Waals surface area contributed by atoms with Gasteiger partial charge in [0, 0.05) is 16.7 Å². The third-order valence-electron chi connectivity index (χ3n) is 8.24. The Balaban J connectivity index is 1.24. The Kier molecular flexibility index (Phi) is 6.51. The van der Waals surface area contributed by atoms with Gasteiger partial charge in [-0.25, -0.2) is 9.97 Å². The number of fused-ring (bicyclic) bond motifs is 2. The Labute approximate surface area is 257 Å². The van der Waals surface area contributed by atoms with Gasteiger partial charge < -0.3 is 0 Å². The highest BCUT2D eigenvalue weighted by molar-refractivity contribution is 5.89. The minimum Gasteiger partial charge on any atom is -0.228 e. The summed E-state index contributed by atoms with van der Waals surface area (Å²) in [6.45, 7) is 0. The summed E-state index contributed by atoms with van der Waals surface area (Å²) in [6.07, 6.45) is 0. The molecule has 1 aromatic heterocycles. The van der Waals surface area contributed by atoms with Crippen molar-refractivity contribution < 1.29 is 0 Å². The van der Waals surface area contributed by atoms with Crippen LogP contribution in [0.5, 0.6) is 0 Å². The molecule has 0 amide bonds. The van der Waals surface area contributed by atoms with E-state index < -0.39 is 0 Å². The van der Waals surface area contributed by atoms with Crippen molar-refractivity contribution in [3.8, 4) is 56.2 Å². The lowest BCUT2D eigenvalue weighted by atomic mass is 9.97. The fraction of sp³-hybridized carbons (Fsp3) is 0. The Bertz CT molecular complexity index is 2140. The molecule has 2 nitrogen and oxygen atoms in total. The van der Waals surface area contributed by atoms with E-state index in [1.54, 1.807) is 0 Å². The zero-order valence-electron chi connectivity index (χ0n) is 24.1. The predicted molar refractivity (Wildman–Crippen MR) is 184 cm³/mol. The van der Waals surface area contributed by atoms with Crippen LogP contribution in [0.2, 0.25) is 0 Å². The first kappa shape index (κ1) is 25.8. The average Bonchev–Trinajstić information content (AvgIpc) is 3.11. The van der Waals surface area contributed by atoms with Crippen molar-refractivity contribution in [2.24, 2.45) is 0 Å². The number of aromatic nitrogens is 2. The zero-order valence-corrected chi connectivity index (χ0v) is 24.1. The van der Waals surface area contributed by atoms with Gasteiger partial charge in [0.25, 0.3) is 0 Å². The molecule has 44 heavy (non-hydrogen) atoms. The van der Waals surface area contributed by atoms with Crippen LogP contribution in [-0.4, -0.2) is 9.97 Å². The number of hydrogen-bond donors (Lipinski definition) is 0. The van der Waals surface area contributed by atoms with Crippen LogP contribution in [-0.2, 0) is 0 Å². The van der Waals surface area contributed by atoms with Gasteiger partial charge in [0.15, 0.2) is 5.82 Å². The van der Waals surface area contributed by atoms with Crippen molar-refractivity contribution in [2.75, 3.05) is 0 Å². The smallest absolute Gasteiger partial charge is 0.160 e. The normalized spacial score (nSPS) is 11.2. The summed E-state index contributed by atoms with van der Waals surface area (Å²) in [7, 11) is 0. The minimum atomic E-state index is 0.713. The Morgan fingerprint density at radius 3 is 1.18 bits per heavy atom. The van der Waals surface area contributed by atoms with Crippen LogP contribution in [0.25, 0.3) is 77.7 Å². The molecule has 206 valence electrons. The first-order valence-corrected chi connectivity index (χ1v) is 14.9. The molecule has 0 aliphatic carbocycles. The molecule has 0 fully saturated rings. The van der Waals surface area contributed by atoms with Crippen molar-refractivity contribution in [2.45, 2.75) is 0 Å². The quantitative estimate of drug-likeness (QED) is 0.209. The molecule has 8 aromatic rings. The van der Waals surface area contributed by atoms with Crippen LogP contribution in [0.3, 0.4) is 0 Å². The van der Waals surface area contributed by atoms with E-state index >= 15 is 0 Å². The number of nitrogens with zero attached hydrogens (tertiary/aromatic N) is 2. The van der Waals surface area contributed by atoms with Crippen LogP contribution in [0, 0.1) is 0 Å². The van der Waals surface area contributed by atoms with Crippen molar-refractivity contribution >= 4 is 21.5 Å². The maximum absolute atomic E-state index is 5.09. The van der Waals surface area contributed by atoms with Crippen LogP contribution in [0.15, 0.2) is 170 Å². The molecule has 0 bridgehead atoms. The van der Waals surface area contributed by atoms with Gasteiger partial charge >= 0.3 is 0 Å². The lowest BCUT2D eigenvalue weighted by molar-refractivity contribution is 1.18. The summed E-state index contributed by atoms with van der Waals surface area (Å²) in [5, 5.41) is 4.95. The first-order valence-electron chi connectivity index (χ1n) is 14.9. The number of hydrogen-bond acceptors (Lipinski definition) is 2. The highest BCUT2D eigenvalue weighted by Crippen LogP contribution is 2.33. The van der Waals surface area contributed by atoms with Gasteiger partial charge in [-0.2, -0.15) is 0 Å². The molecule has 2 heteroatoms. The van der Waals surface area contributed by atoms with E-state index in [9.17, 15) is 0 Å². The van der Waals surface area contributed by atoms with Crippen LogP contribution in [0.4, 0.5) is 0 Å². The maximum atomic E-state index is 5.09. The predicted octanol–water partition coefficient (Wildman–Crippen LogP) is 11.1. The molecule has 0 saturated carbocycles. The maximum Gasteiger partial charge on any atom is 0.160 e. The van der Waals surface area contributed by atoms with Crippen molar-refractivity contribution in [3.63, 3.8) is 0 Å². The van der Waals surface area contributed by atoms with Crippen molar-refractivity contribution in [1.29, 1.82) is 0 Å². The van der Waals surface area contributed by atoms with Gasteiger partial charge in [0.05, 0.1) is 11.4 Å². The molecule has 1 heterocycles. The topological polar surface area (TPSA) is 25.8 Å². The standard InChI is InChI=1S/C42H28N2/c1-2-12-31(13-3-1)42-43-40(38-18-8-16-34(26-38)36-22-20-29-10-4-6-14-32(29)24-36)28-41(44-42)39-19-9-17-35(27-39)37-23-21-30-11-5-7-15-33(30)25-37/h1-28H. The summed E-state index contributed by atoms with van der Waals surface area (Å²) in [4.78, 5) is 10.2. The Morgan fingerprint density at radius 2 is 0.659 bits per heavy atom. The molecule has 0 aliphatic heterocycles. The van der Waals surface area contributed by atoms with E-state index in [1.165, 1.54) is 32.7 Å². The summed E-state index contributed by atoms with van der Waals surface area (Å²) in [5.41, 5.74) is 9.59. The minimum absolute atomic E-state index is 0.713. The monoisotopic (exact) mass is 560 g/mol. The van der Waals surface area contributed by atoms with E-state index in [0.717, 1.165) is 39.2 Å². The Morgan fingerprint density at radius 1 is 0.250 bits per heavy atom. The van der Waals surface area contributed by atoms with Crippen LogP contribution in [0.1, 0.15) is 0 Å². The lowest BCUT2D eigenvalue weighted by Gasteiger charge is -2.12. The third kappa shape index (κ3) is 5.04. The van der Waals surface area contributed by atoms with Gasteiger partial charge in [-0.1, -0.05) is 140 Å². The molecule has 0 unspecified atom stereocenters. The highest BCUT2D eigenvalue weighted by atomic mass is 14.9. The average molecular weight is 561 g/mol. The van der Waals surface area contributed by atoms with E-state index in [-0.39, 0.29) is 0 Å². The van der Waals surface area contributed by atoms with Crippen LogP contribution < -0.4 is 0 Å². The van der Waals surface area contributed by atoms with Crippen molar-refractivity contribution in [1.82, 2.24) is 9.97 Å². The van der Waals surface area contributed by atoms with Gasteiger partial charge in [-0.3, -0.25) is 0 Å². The van der Waals surface area contributed by atoms with Crippen LogP contribution >= 0.6 is 0 Å². The number of rotatable bonds is 5. The molecule has 0 aliphatic rings. The van der Waals surface area contributed by atoms with Gasteiger partial charge in [0.1, 0.15) is 0 Å². The van der Waals surface area contributed by atoms with Gasteiger partial charge in [0.2, 0.25) is 0 Å². The molecule has 0 spiro atoms. The molecular formula is C42H28N2. The second-order valence-electron chi connectivity index (χ2n) is 11.1. The largest absolute Gasteiger partial charge is 0.228 e. The second kappa shape index (κ2) is 11.1. The first-order chi connectivity index (χ1) is 21.8. The summed E-state index contributed by atoms with van der Waals surface area (Å²) in [5.74, 6) is 0.713. The molecule has 7 aromatic carbocycles. The Hall–Kier alpha value is -5.86. The van der Waals surface area contributed by atoms with E-state index in [4.69, 9.17) is 9.97 Å². The molecular weight excluding hydrogens is 532 g/mol. The van der Waals surface area contributed by atoms with E-state index in [2.05, 4.69) is 152 Å². The second-order valence-corrected chi connectivity index (χ2v) is 11.1. The molecule has 0 radical (unpaired) electrons. The highest BCUT2D eigenvalue weighted by Gasteiger charge is 2.13. The van der Waals surface area contributed by atoms with Gasteiger partial charge in [-0.15, -0.1) is 0 Å². The molecule has 0 saturated heterocycles. The van der Waals surface area contributed by atoms with E-state index in [1.807, 2.05) is 18.2 Å². The van der Waals surface area contributed by atoms with Crippen molar-refractivity contribution in [3.05, 3.63) is 170 Å². The SMILES string of the molecule is c1ccc(-c2nc(-c3cccc(-c4ccc5ccccc5c4)c3)cc(-c3cccc(-c4ccc5ccccc5c4)c3)n2)cc1. The summed E-state index contributed by atoms with van der Waals surface area (Å²) in [6, 6.07) is 59.9. The molecule has 0 N–H and O–H groups in total. The molecule has 0 atom stereocenters. The van der Waals surface area contributed by atoms with Gasteiger partial charge in [-0.05, 0) is 74.1 Å². The zero-order chi connectivity index (χ0) is 29.3. The van der Waals surface area contributed by atoms with E-state index in [0.29, 0.717) is 5.82 Å². The fourth-order valence-electron chi connectivity index (χ4n) is 5.91. The third-order valence-corrected chi connectivity index (χ3v) is 8.24. The summed E-state index contributed by atoms with van der Waals surface area (Å²) >= 11 is 0. The fourth-order valence-corrected chi connectivity index (χ4v) is 5.91.